The van der Waals surface area contributed by atoms with Crippen molar-refractivity contribution in [3.05, 3.63) is 59.9 Å². The van der Waals surface area contributed by atoms with Gasteiger partial charge in [-0.1, -0.05) is 17.7 Å². The van der Waals surface area contributed by atoms with Gasteiger partial charge in [-0.15, -0.1) is 0 Å². The highest BCUT2D eigenvalue weighted by Crippen LogP contribution is 2.18. The maximum atomic E-state index is 13.1. The summed E-state index contributed by atoms with van der Waals surface area (Å²) < 4.78 is 44.0. The molecule has 8 heteroatoms. The molecule has 2 rings (SSSR count). The van der Waals surface area contributed by atoms with Crippen LogP contribution in [-0.2, 0) is 14.8 Å². The molecule has 0 aliphatic heterocycles. The van der Waals surface area contributed by atoms with E-state index in [0.29, 0.717) is 18.7 Å². The van der Waals surface area contributed by atoms with Gasteiger partial charge in [-0.05, 0) is 56.7 Å². The van der Waals surface area contributed by atoms with E-state index in [1.54, 1.807) is 0 Å². The summed E-state index contributed by atoms with van der Waals surface area (Å²) in [5, 5.41) is 2.84. The maximum Gasteiger partial charge on any atom is 0.232 e. The van der Waals surface area contributed by atoms with Gasteiger partial charge < -0.3 is 10.1 Å². The van der Waals surface area contributed by atoms with Crippen LogP contribution in [0, 0.1) is 12.7 Å². The third-order valence-corrected chi connectivity index (χ3v) is 5.40. The lowest BCUT2D eigenvalue weighted by Crippen LogP contribution is -2.37. The lowest BCUT2D eigenvalue weighted by Gasteiger charge is -2.22. The summed E-state index contributed by atoms with van der Waals surface area (Å²) in [7, 11) is -3.54. The van der Waals surface area contributed by atoms with Gasteiger partial charge in [0.2, 0.25) is 15.9 Å². The maximum absolute atomic E-state index is 13.1. The van der Waals surface area contributed by atoms with Gasteiger partial charge in [-0.25, -0.2) is 12.8 Å². The summed E-state index contributed by atoms with van der Waals surface area (Å²) in [6.07, 6.45) is 1.59. The minimum atomic E-state index is -3.54. The van der Waals surface area contributed by atoms with Crippen LogP contribution < -0.4 is 14.4 Å². The Morgan fingerprint density at radius 2 is 1.76 bits per heavy atom. The van der Waals surface area contributed by atoms with Gasteiger partial charge in [0.05, 0.1) is 18.0 Å². The number of halogens is 1. The topological polar surface area (TPSA) is 75.7 Å². The molecule has 0 spiro atoms. The average molecular weight is 423 g/mol. The van der Waals surface area contributed by atoms with Crippen molar-refractivity contribution in [2.45, 2.75) is 32.7 Å². The van der Waals surface area contributed by atoms with Crippen molar-refractivity contribution in [3.8, 4) is 5.75 Å². The molecular weight excluding hydrogens is 395 g/mol. The fourth-order valence-electron chi connectivity index (χ4n) is 2.72. The van der Waals surface area contributed by atoms with Gasteiger partial charge in [0.25, 0.3) is 0 Å². The van der Waals surface area contributed by atoms with Gasteiger partial charge in [-0.2, -0.15) is 0 Å². The Labute approximate surface area is 171 Å². The van der Waals surface area contributed by atoms with E-state index in [-0.39, 0.29) is 24.9 Å². The molecule has 0 aromatic heterocycles. The Morgan fingerprint density at radius 3 is 2.34 bits per heavy atom. The molecule has 0 aliphatic carbocycles. The first-order valence-electron chi connectivity index (χ1n) is 9.37. The predicted octanol–water partition coefficient (Wildman–Crippen LogP) is 3.26. The van der Waals surface area contributed by atoms with E-state index < -0.39 is 15.8 Å². The summed E-state index contributed by atoms with van der Waals surface area (Å²) >= 11 is 0. The third-order valence-electron chi connectivity index (χ3n) is 4.21. The molecule has 2 aromatic rings. The quantitative estimate of drug-likeness (QED) is 0.638. The molecule has 158 valence electrons. The number of benzene rings is 2. The fourth-order valence-corrected chi connectivity index (χ4v) is 3.69. The second-order valence-corrected chi connectivity index (χ2v) is 8.91. The molecule has 0 fully saturated rings. The third kappa shape index (κ3) is 7.73. The van der Waals surface area contributed by atoms with Crippen LogP contribution in [0.15, 0.2) is 48.5 Å². The Bertz CT molecular complexity index is 899. The van der Waals surface area contributed by atoms with Crippen LogP contribution in [0.2, 0.25) is 0 Å². The van der Waals surface area contributed by atoms with Crippen molar-refractivity contribution in [3.63, 3.8) is 0 Å². The van der Waals surface area contributed by atoms with Gasteiger partial charge in [0.1, 0.15) is 18.2 Å². The van der Waals surface area contributed by atoms with Crippen molar-refractivity contribution in [2.24, 2.45) is 0 Å². The number of anilines is 1. The van der Waals surface area contributed by atoms with Crippen LogP contribution in [-0.4, -0.2) is 39.8 Å². The molecule has 0 saturated heterocycles. The van der Waals surface area contributed by atoms with Crippen LogP contribution in [0.5, 0.6) is 5.75 Å². The Hall–Kier alpha value is -2.61. The molecule has 1 amide bonds. The number of nitrogens with zero attached hydrogens (tertiary/aromatic N) is 1. The molecule has 0 saturated carbocycles. The molecule has 1 atom stereocenters. The van der Waals surface area contributed by atoms with Gasteiger partial charge in [0, 0.05) is 13.0 Å². The first-order chi connectivity index (χ1) is 13.6. The van der Waals surface area contributed by atoms with Crippen molar-refractivity contribution in [1.29, 1.82) is 0 Å². The number of hydrogen-bond donors (Lipinski definition) is 1. The minimum absolute atomic E-state index is 0.131. The van der Waals surface area contributed by atoms with E-state index in [2.05, 4.69) is 5.32 Å². The number of rotatable bonds is 10. The van der Waals surface area contributed by atoms with Crippen molar-refractivity contribution in [1.82, 2.24) is 5.32 Å². The lowest BCUT2D eigenvalue weighted by molar-refractivity contribution is -0.121. The predicted molar refractivity (Wildman–Crippen MR) is 112 cm³/mol. The van der Waals surface area contributed by atoms with E-state index in [9.17, 15) is 17.6 Å². The van der Waals surface area contributed by atoms with E-state index in [1.807, 2.05) is 38.1 Å². The second kappa shape index (κ2) is 10.2. The highest BCUT2D eigenvalue weighted by molar-refractivity contribution is 7.92. The minimum Gasteiger partial charge on any atom is -0.491 e. The summed E-state index contributed by atoms with van der Waals surface area (Å²) in [5.41, 5.74) is 1.51. The zero-order valence-electron chi connectivity index (χ0n) is 16.9. The number of sulfonamides is 1. The van der Waals surface area contributed by atoms with Crippen molar-refractivity contribution >= 4 is 21.6 Å². The van der Waals surface area contributed by atoms with Crippen LogP contribution in [0.3, 0.4) is 0 Å². The standard InChI is InChI=1S/C21H27FN2O4S/c1-16-6-12-20(13-7-16)28-15-17(2)23-21(25)5-4-14-24(29(3,26)27)19-10-8-18(22)9-11-19/h6-13,17H,4-5,14-15H2,1-3H3,(H,23,25)/t17-/m0/s1. The molecule has 0 aliphatic rings. The number of carbonyl (C=O) groups is 1. The van der Waals surface area contributed by atoms with Gasteiger partial charge in [-0.3, -0.25) is 9.10 Å². The summed E-state index contributed by atoms with van der Waals surface area (Å²) in [4.78, 5) is 12.1. The lowest BCUT2D eigenvalue weighted by atomic mass is 10.2. The summed E-state index contributed by atoms with van der Waals surface area (Å²) in [6.45, 7) is 4.30. The second-order valence-electron chi connectivity index (χ2n) is 7.01. The zero-order valence-corrected chi connectivity index (χ0v) is 17.7. The highest BCUT2D eigenvalue weighted by Gasteiger charge is 2.18. The first kappa shape index (κ1) is 22.7. The highest BCUT2D eigenvalue weighted by atomic mass is 32.2. The molecule has 6 nitrogen and oxygen atoms in total. The van der Waals surface area contributed by atoms with Crippen LogP contribution >= 0.6 is 0 Å². The van der Waals surface area contributed by atoms with Gasteiger partial charge in [0.15, 0.2) is 0 Å². The summed E-state index contributed by atoms with van der Waals surface area (Å²) in [5.74, 6) is 0.112. The molecule has 29 heavy (non-hydrogen) atoms. The molecule has 0 bridgehead atoms. The number of nitrogens with one attached hydrogen (secondary N) is 1. The Balaban J connectivity index is 1.79. The first-order valence-corrected chi connectivity index (χ1v) is 11.2. The molecule has 1 N–H and O–H groups in total. The smallest absolute Gasteiger partial charge is 0.232 e. The molecule has 0 heterocycles. The van der Waals surface area contributed by atoms with E-state index in [0.717, 1.165) is 17.6 Å². The van der Waals surface area contributed by atoms with Crippen LogP contribution in [0.25, 0.3) is 0 Å². The number of amides is 1. The van der Waals surface area contributed by atoms with Crippen molar-refractivity contribution < 1.29 is 22.3 Å². The van der Waals surface area contributed by atoms with E-state index in [4.69, 9.17) is 4.74 Å². The Morgan fingerprint density at radius 1 is 1.14 bits per heavy atom. The fraction of sp³-hybridized carbons (Fsp3) is 0.381. The van der Waals surface area contributed by atoms with Crippen molar-refractivity contribution in [2.75, 3.05) is 23.7 Å². The number of aryl methyl sites for hydroxylation is 1. The average Bonchev–Trinajstić information content (AvgIpc) is 2.65. The van der Waals surface area contributed by atoms with E-state index in [1.165, 1.54) is 28.6 Å². The summed E-state index contributed by atoms with van der Waals surface area (Å²) in [6, 6.07) is 12.7. The largest absolute Gasteiger partial charge is 0.491 e. The normalized spacial score (nSPS) is 12.3. The molecule has 2 aromatic carbocycles. The SMILES string of the molecule is Cc1ccc(OC[C@H](C)NC(=O)CCCN(c2ccc(F)cc2)S(C)(=O)=O)cc1. The van der Waals surface area contributed by atoms with Crippen LogP contribution in [0.4, 0.5) is 10.1 Å². The number of carbonyl (C=O) groups excluding carboxylic acids is 1. The molecule has 0 radical (unpaired) electrons. The molecular formula is C21H27FN2O4S. The molecule has 0 unspecified atom stereocenters. The monoisotopic (exact) mass is 422 g/mol. The van der Waals surface area contributed by atoms with E-state index >= 15 is 0 Å². The Kier molecular flexibility index (Phi) is 8.01. The number of ether oxygens (including phenoxy) is 1. The van der Waals surface area contributed by atoms with Gasteiger partial charge >= 0.3 is 0 Å². The van der Waals surface area contributed by atoms with Crippen LogP contribution in [0.1, 0.15) is 25.3 Å². The zero-order chi connectivity index (χ0) is 21.4. The number of hydrogen-bond acceptors (Lipinski definition) is 4.